The Morgan fingerprint density at radius 1 is 0.315 bits per heavy atom. The maximum Gasteiger partial charge on any atom is 0.573 e. The van der Waals surface area contributed by atoms with Crippen LogP contribution in [0.2, 0.25) is 0 Å². The van der Waals surface area contributed by atoms with Crippen molar-refractivity contribution < 1.29 is 164 Å². The molecule has 0 saturated carbocycles. The minimum Gasteiger partial charge on any atom is -0.475 e. The first-order chi connectivity index (χ1) is 68.4. The number of carbonyl (C=O) groups excluding carboxylic acids is 2. The fraction of sp³-hybridized carbons (Fsp3) is 0.316. The number of rotatable bonds is 25. The Kier molecular flexibility index (Phi) is 32.9. The van der Waals surface area contributed by atoms with Crippen molar-refractivity contribution in [3.8, 4) is 114 Å². The Hall–Kier alpha value is -14.8. The number of nitrogens with zero attached hydrogens (tertiary/aromatic N) is 7. The SMILES string of the molecule is CC(=O)N1CCOC[C@@H]1COc1noc2ccc(-c3ccc(OC(F)(F)F)cc3)cc12.CC(=O)N1CCOC[C@H]1COc1noc2ccc(-c3ccc(OC(F)(F)F)cc3)cc12.CC(C)COc1noc2ccc(-c3ccc(OC(F)(F)F)cc3)cc12.FC(F)(F)Oc1ccc(-c2ccc3onc(OC[C@@H]4COCCN4)c3c2)cc1.FC(F)(F)Oc1ccc(-c2ccc3onc(OC[C@H]4COCCN4)c3c2)cc1. The van der Waals surface area contributed by atoms with Crippen molar-refractivity contribution in [1.29, 1.82) is 0 Å². The van der Waals surface area contributed by atoms with Gasteiger partial charge >= 0.3 is 31.8 Å². The number of alkyl halides is 15. The zero-order valence-electron chi connectivity index (χ0n) is 76.0. The van der Waals surface area contributed by atoms with Gasteiger partial charge in [0.25, 0.3) is 29.4 Å². The fourth-order valence-corrected chi connectivity index (χ4v) is 15.1. The van der Waals surface area contributed by atoms with Crippen molar-refractivity contribution in [2.24, 2.45) is 5.92 Å². The van der Waals surface area contributed by atoms with E-state index in [9.17, 15) is 75.4 Å². The van der Waals surface area contributed by atoms with E-state index >= 15 is 0 Å². The second-order valence-corrected chi connectivity index (χ2v) is 32.6. The molecule has 19 rings (SSSR count). The van der Waals surface area contributed by atoms with E-state index in [0.29, 0.717) is 175 Å². The van der Waals surface area contributed by atoms with Crippen molar-refractivity contribution in [3.05, 3.63) is 212 Å². The van der Waals surface area contributed by atoms with Gasteiger partial charge < -0.3 is 109 Å². The van der Waals surface area contributed by atoms with Crippen molar-refractivity contribution in [2.45, 2.75) is 83.7 Å². The number of morpholine rings is 4. The van der Waals surface area contributed by atoms with Crippen molar-refractivity contribution in [1.82, 2.24) is 46.2 Å². The molecule has 4 atom stereocenters. The van der Waals surface area contributed by atoms with Crippen LogP contribution in [0.4, 0.5) is 65.9 Å². The maximum atomic E-state index is 12.3. The maximum absolute atomic E-state index is 12.3. The lowest BCUT2D eigenvalue weighted by atomic mass is 10.0. The number of benzene rings is 10. The van der Waals surface area contributed by atoms with E-state index in [4.69, 9.17) is 65.2 Å². The molecular weight excluding hydrogens is 1920 g/mol. The molecule has 143 heavy (non-hydrogen) atoms. The van der Waals surface area contributed by atoms with Crippen molar-refractivity contribution in [2.75, 3.05) is 112 Å². The number of aromatic nitrogens is 5. The highest BCUT2D eigenvalue weighted by Gasteiger charge is 2.37. The summed E-state index contributed by atoms with van der Waals surface area (Å²) in [5.74, 6) is 0.508. The molecule has 2 N–H and O–H groups in total. The number of halogens is 15. The van der Waals surface area contributed by atoms with Crippen LogP contribution >= 0.6 is 0 Å². The summed E-state index contributed by atoms with van der Waals surface area (Å²) in [5.41, 5.74) is 10.1. The fourth-order valence-electron chi connectivity index (χ4n) is 15.1. The Bertz CT molecular complexity index is 6380. The summed E-state index contributed by atoms with van der Waals surface area (Å²) in [6.07, 6.45) is -23.6. The molecule has 756 valence electrons. The molecule has 4 saturated heterocycles. The third-order valence-electron chi connectivity index (χ3n) is 21.8. The molecule has 0 aliphatic carbocycles. The summed E-state index contributed by atoms with van der Waals surface area (Å²) < 4.78 is 281. The molecular formula is C98H88F15N9O21. The van der Waals surface area contributed by atoms with Gasteiger partial charge in [-0.05, 0) is 209 Å². The van der Waals surface area contributed by atoms with Crippen LogP contribution in [0.15, 0.2) is 235 Å². The second kappa shape index (κ2) is 45.9. The predicted molar refractivity (Wildman–Crippen MR) is 482 cm³/mol. The molecule has 0 spiro atoms. The van der Waals surface area contributed by atoms with Crippen LogP contribution in [-0.4, -0.2) is 215 Å². The van der Waals surface area contributed by atoms with Gasteiger partial charge in [0.1, 0.15) is 55.2 Å². The van der Waals surface area contributed by atoms with Gasteiger partial charge in [-0.15, -0.1) is 65.9 Å². The van der Waals surface area contributed by atoms with E-state index < -0.39 is 31.8 Å². The number of hydrogen-bond donors (Lipinski definition) is 2. The molecule has 30 nitrogen and oxygen atoms in total. The Balaban J connectivity index is 0.000000135. The molecule has 45 heteroatoms. The van der Waals surface area contributed by atoms with Gasteiger partial charge in [-0.25, -0.2) is 0 Å². The smallest absolute Gasteiger partial charge is 0.475 e. The average molecular weight is 2010 g/mol. The third kappa shape index (κ3) is 29.2. The Morgan fingerprint density at radius 3 is 0.755 bits per heavy atom. The summed E-state index contributed by atoms with van der Waals surface area (Å²) in [5, 5.41) is 29.6. The predicted octanol–water partition coefficient (Wildman–Crippen LogP) is 21.0. The van der Waals surface area contributed by atoms with E-state index in [1.807, 2.05) is 32.0 Å². The first kappa shape index (κ1) is 103. The topological polar surface area (TPSA) is 324 Å². The largest absolute Gasteiger partial charge is 0.573 e. The highest BCUT2D eigenvalue weighted by Crippen LogP contribution is 2.41. The van der Waals surface area contributed by atoms with Crippen LogP contribution in [0, 0.1) is 5.92 Å². The van der Waals surface area contributed by atoms with E-state index in [1.165, 1.54) is 98.8 Å². The summed E-state index contributed by atoms with van der Waals surface area (Å²) >= 11 is 0. The number of ether oxygens (including phenoxy) is 14. The standard InChI is InChI=1S/2C21H19F3N2O5.2C19H17F3N2O4.C18H16F3NO3/c2*1-13(27)26-8-9-28-11-16(26)12-29-20-18-10-15(4-7-19(18)31-25-20)14-2-5-17(6-3-14)30-21(22,23)24;2*20-19(21,22)27-15-4-1-12(2-5-15)13-3-6-17-16(9-13)18(24-28-17)26-11-14-10-25-8-7-23-14;1-11(2)10-23-17-15-9-13(5-8-16(15)25-22-17)12-3-6-14(7-4-12)24-18(19,20)21/h2*2-7,10,16H,8-9,11-12H2,1H3;2*1-6,9,14,23H,7-8,10-11H2;3-9,11H,10H2,1-2H3/t2*16-;2*14-;/m1010./s1. The Morgan fingerprint density at radius 2 is 0.538 bits per heavy atom. The number of fused-ring (bicyclic) bond motifs is 5. The molecule has 4 aliphatic heterocycles. The molecule has 10 aromatic carbocycles. The zero-order valence-corrected chi connectivity index (χ0v) is 76.0. The summed E-state index contributed by atoms with van der Waals surface area (Å²) in [4.78, 5) is 27.0. The van der Waals surface area contributed by atoms with E-state index in [1.54, 1.807) is 119 Å². The van der Waals surface area contributed by atoms with Crippen LogP contribution in [-0.2, 0) is 28.5 Å². The summed E-state index contributed by atoms with van der Waals surface area (Å²) in [6.45, 7) is 15.4. The highest BCUT2D eigenvalue weighted by molar-refractivity contribution is 5.92. The number of carbonyl (C=O) groups is 2. The molecule has 9 heterocycles. The monoisotopic (exact) mass is 2010 g/mol. The molecule has 0 radical (unpaired) electrons. The minimum atomic E-state index is -4.74. The van der Waals surface area contributed by atoms with E-state index in [0.717, 1.165) is 57.6 Å². The van der Waals surface area contributed by atoms with Crippen LogP contribution < -0.4 is 58.0 Å². The molecule has 0 unspecified atom stereocenters. The van der Waals surface area contributed by atoms with Gasteiger partial charge in [-0.1, -0.05) is 105 Å². The second-order valence-electron chi connectivity index (χ2n) is 32.6. The van der Waals surface area contributed by atoms with Crippen LogP contribution in [0.1, 0.15) is 27.7 Å². The van der Waals surface area contributed by atoms with Gasteiger partial charge in [0.2, 0.25) is 11.8 Å². The lowest BCUT2D eigenvalue weighted by Gasteiger charge is -2.34. The van der Waals surface area contributed by atoms with Crippen LogP contribution in [0.5, 0.6) is 58.1 Å². The molecule has 4 fully saturated rings. The van der Waals surface area contributed by atoms with Crippen molar-refractivity contribution in [3.63, 3.8) is 0 Å². The lowest BCUT2D eigenvalue weighted by molar-refractivity contribution is -0.275. The number of amides is 2. The third-order valence-corrected chi connectivity index (χ3v) is 21.8. The Labute approximate surface area is 801 Å². The summed E-state index contributed by atoms with van der Waals surface area (Å²) in [6, 6.07) is 54.4. The van der Waals surface area contributed by atoms with Gasteiger partial charge in [0.05, 0.1) is 111 Å². The van der Waals surface area contributed by atoms with Gasteiger partial charge in [0.15, 0.2) is 27.9 Å². The van der Waals surface area contributed by atoms with Crippen LogP contribution in [0.25, 0.3) is 110 Å². The van der Waals surface area contributed by atoms with E-state index in [-0.39, 0.29) is 89.7 Å². The van der Waals surface area contributed by atoms with Gasteiger partial charge in [0, 0.05) is 40.0 Å². The lowest BCUT2D eigenvalue weighted by Crippen LogP contribution is -2.50. The highest BCUT2D eigenvalue weighted by atomic mass is 19.4. The first-order valence-corrected chi connectivity index (χ1v) is 44.1. The minimum absolute atomic E-state index is 0.0536. The van der Waals surface area contributed by atoms with Crippen LogP contribution in [0.3, 0.4) is 0 Å². The molecule has 2 amide bonds. The number of hydrogen-bond acceptors (Lipinski definition) is 28. The normalized spacial score (nSPS) is 16.4. The first-order valence-electron chi connectivity index (χ1n) is 44.1. The van der Waals surface area contributed by atoms with E-state index in [2.05, 4.69) is 60.1 Å². The van der Waals surface area contributed by atoms with Gasteiger partial charge in [-0.3, -0.25) is 9.59 Å². The van der Waals surface area contributed by atoms with Crippen molar-refractivity contribution >= 4 is 66.7 Å². The average Bonchev–Trinajstić information content (AvgIpc) is 1.68. The molecule has 4 aliphatic rings. The van der Waals surface area contributed by atoms with Gasteiger partial charge in [-0.2, -0.15) is 0 Å². The molecule has 5 aromatic heterocycles. The zero-order chi connectivity index (χ0) is 101. The quantitative estimate of drug-likeness (QED) is 0.0502. The summed E-state index contributed by atoms with van der Waals surface area (Å²) in [7, 11) is 0. The molecule has 0 bridgehead atoms. The number of nitrogens with one attached hydrogen (secondary N) is 2. The molecule has 15 aromatic rings.